The van der Waals surface area contributed by atoms with Gasteiger partial charge in [0.15, 0.2) is 0 Å². The monoisotopic (exact) mass is 389 g/mol. The highest BCUT2D eigenvalue weighted by atomic mass is 32.2. The van der Waals surface area contributed by atoms with Crippen molar-refractivity contribution in [2.24, 2.45) is 0 Å². The fourth-order valence-electron chi connectivity index (χ4n) is 3.19. The molecule has 3 rings (SSSR count). The number of hydrogen-bond donors (Lipinski definition) is 1. The van der Waals surface area contributed by atoms with Crippen molar-refractivity contribution in [1.29, 1.82) is 0 Å². The van der Waals surface area contributed by atoms with Crippen molar-refractivity contribution < 1.29 is 4.79 Å². The van der Waals surface area contributed by atoms with E-state index in [1.165, 1.54) is 22.3 Å². The van der Waals surface area contributed by atoms with Gasteiger partial charge in [0, 0.05) is 30.4 Å². The van der Waals surface area contributed by atoms with E-state index < -0.39 is 0 Å². The minimum absolute atomic E-state index is 0.0858. The first-order chi connectivity index (χ1) is 13.7. The highest BCUT2D eigenvalue weighted by Crippen LogP contribution is 2.27. The molecular weight excluding hydrogens is 362 g/mol. The molecule has 0 saturated heterocycles. The Balaban J connectivity index is 1.48. The molecule has 0 radical (unpaired) electrons. The summed E-state index contributed by atoms with van der Waals surface area (Å²) in [6, 6.07) is 29.2. The van der Waals surface area contributed by atoms with Crippen LogP contribution >= 0.6 is 11.8 Å². The van der Waals surface area contributed by atoms with Crippen LogP contribution in [0.25, 0.3) is 0 Å². The summed E-state index contributed by atoms with van der Waals surface area (Å²) in [5.41, 5.74) is 4.97. The van der Waals surface area contributed by atoms with Crippen molar-refractivity contribution in [3.05, 3.63) is 107 Å². The van der Waals surface area contributed by atoms with Gasteiger partial charge in [0.05, 0.1) is 0 Å². The Morgan fingerprint density at radius 3 is 2.00 bits per heavy atom. The van der Waals surface area contributed by atoms with Crippen LogP contribution in [0.5, 0.6) is 0 Å². The molecule has 0 aromatic heterocycles. The summed E-state index contributed by atoms with van der Waals surface area (Å²) < 4.78 is 0. The number of rotatable bonds is 9. The summed E-state index contributed by atoms with van der Waals surface area (Å²) in [6.07, 6.45) is 0.469. The summed E-state index contributed by atoms with van der Waals surface area (Å²) in [5.74, 6) is 2.09. The van der Waals surface area contributed by atoms with Gasteiger partial charge in [-0.25, -0.2) is 0 Å². The number of nitrogens with one attached hydrogen (secondary N) is 1. The third kappa shape index (κ3) is 6.28. The Hall–Kier alpha value is -2.52. The maximum Gasteiger partial charge on any atom is 0.220 e. The molecular formula is C25H27NOS. The van der Waals surface area contributed by atoms with Gasteiger partial charge < -0.3 is 5.32 Å². The molecule has 0 unspecified atom stereocenters. The quantitative estimate of drug-likeness (QED) is 0.485. The van der Waals surface area contributed by atoms with Crippen molar-refractivity contribution in [2.45, 2.75) is 25.0 Å². The Bertz CT molecular complexity index is 807. The number of hydrogen-bond acceptors (Lipinski definition) is 2. The second kappa shape index (κ2) is 10.7. The third-order valence-corrected chi connectivity index (χ3v) is 5.78. The maximum absolute atomic E-state index is 12.6. The Morgan fingerprint density at radius 1 is 0.857 bits per heavy atom. The molecule has 0 saturated carbocycles. The number of carbonyl (C=O) groups excluding carboxylic acids is 1. The summed E-state index contributed by atoms with van der Waals surface area (Å²) in [6.45, 7) is 2.80. The molecule has 1 N–H and O–H groups in total. The van der Waals surface area contributed by atoms with Crippen molar-refractivity contribution in [2.75, 3.05) is 12.3 Å². The predicted octanol–water partition coefficient (Wildman–Crippen LogP) is 5.57. The summed E-state index contributed by atoms with van der Waals surface area (Å²) in [4.78, 5) is 12.6. The van der Waals surface area contributed by atoms with Gasteiger partial charge in [0.1, 0.15) is 0 Å². The van der Waals surface area contributed by atoms with Crippen LogP contribution in [-0.4, -0.2) is 18.2 Å². The molecule has 0 heterocycles. The minimum atomic E-state index is 0.0858. The van der Waals surface area contributed by atoms with E-state index in [9.17, 15) is 4.79 Å². The molecule has 0 fully saturated rings. The molecule has 0 atom stereocenters. The van der Waals surface area contributed by atoms with Crippen molar-refractivity contribution in [3.63, 3.8) is 0 Å². The molecule has 2 nitrogen and oxygen atoms in total. The van der Waals surface area contributed by atoms with E-state index in [1.54, 1.807) is 0 Å². The molecule has 1 amide bonds. The SMILES string of the molecule is Cc1ccc(CSCCNC(=O)CC(c2ccccc2)c2ccccc2)cc1. The lowest BCUT2D eigenvalue weighted by atomic mass is 9.88. The van der Waals surface area contributed by atoms with E-state index in [0.29, 0.717) is 13.0 Å². The molecule has 0 aliphatic heterocycles. The van der Waals surface area contributed by atoms with Crippen LogP contribution in [0.2, 0.25) is 0 Å². The van der Waals surface area contributed by atoms with E-state index in [1.807, 2.05) is 48.2 Å². The third-order valence-electron chi connectivity index (χ3n) is 4.75. The average molecular weight is 390 g/mol. The lowest BCUT2D eigenvalue weighted by molar-refractivity contribution is -0.121. The zero-order valence-corrected chi connectivity index (χ0v) is 17.1. The fourth-order valence-corrected chi connectivity index (χ4v) is 4.01. The molecule has 3 aromatic carbocycles. The molecule has 0 spiro atoms. The summed E-state index contributed by atoms with van der Waals surface area (Å²) in [7, 11) is 0. The van der Waals surface area contributed by atoms with Gasteiger partial charge in [0.2, 0.25) is 5.91 Å². The molecule has 0 aliphatic rings. The van der Waals surface area contributed by atoms with Gasteiger partial charge in [-0.2, -0.15) is 11.8 Å². The van der Waals surface area contributed by atoms with Crippen LogP contribution in [0.3, 0.4) is 0 Å². The van der Waals surface area contributed by atoms with Crippen LogP contribution in [0, 0.1) is 6.92 Å². The van der Waals surface area contributed by atoms with Crippen LogP contribution in [-0.2, 0) is 10.5 Å². The molecule has 3 heteroatoms. The molecule has 0 bridgehead atoms. The van der Waals surface area contributed by atoms with E-state index in [4.69, 9.17) is 0 Å². The molecule has 144 valence electrons. The Kier molecular flexibility index (Phi) is 7.74. The average Bonchev–Trinajstić information content (AvgIpc) is 2.74. The first-order valence-corrected chi connectivity index (χ1v) is 10.9. The topological polar surface area (TPSA) is 29.1 Å². The summed E-state index contributed by atoms with van der Waals surface area (Å²) >= 11 is 1.85. The van der Waals surface area contributed by atoms with Crippen molar-refractivity contribution >= 4 is 17.7 Å². The van der Waals surface area contributed by atoms with Gasteiger partial charge in [-0.1, -0.05) is 90.5 Å². The van der Waals surface area contributed by atoms with E-state index in [0.717, 1.165) is 11.5 Å². The first-order valence-electron chi connectivity index (χ1n) is 9.72. The van der Waals surface area contributed by atoms with Gasteiger partial charge in [-0.3, -0.25) is 4.79 Å². The summed E-state index contributed by atoms with van der Waals surface area (Å²) in [5, 5.41) is 3.09. The first kappa shape index (κ1) is 20.2. The minimum Gasteiger partial charge on any atom is -0.355 e. The fraction of sp³-hybridized carbons (Fsp3) is 0.240. The van der Waals surface area contributed by atoms with E-state index >= 15 is 0 Å². The van der Waals surface area contributed by atoms with Crippen LogP contribution in [0.4, 0.5) is 0 Å². The predicted molar refractivity (Wildman–Crippen MR) is 120 cm³/mol. The molecule has 3 aromatic rings. The lowest BCUT2D eigenvalue weighted by Crippen LogP contribution is -2.27. The number of amides is 1. The number of carbonyl (C=O) groups is 1. The number of aryl methyl sites for hydroxylation is 1. The standard InChI is InChI=1S/C25H27NOS/c1-20-12-14-21(15-13-20)19-28-17-16-26-25(27)18-24(22-8-4-2-5-9-22)23-10-6-3-7-11-23/h2-15,24H,16-19H2,1H3,(H,26,27). The van der Waals surface area contributed by atoms with Gasteiger partial charge in [-0.15, -0.1) is 0 Å². The molecule has 28 heavy (non-hydrogen) atoms. The lowest BCUT2D eigenvalue weighted by Gasteiger charge is -2.18. The Morgan fingerprint density at radius 2 is 1.43 bits per heavy atom. The van der Waals surface area contributed by atoms with Crippen LogP contribution in [0.15, 0.2) is 84.9 Å². The van der Waals surface area contributed by atoms with Crippen molar-refractivity contribution in [1.82, 2.24) is 5.32 Å². The second-order valence-electron chi connectivity index (χ2n) is 6.97. The van der Waals surface area contributed by atoms with Gasteiger partial charge >= 0.3 is 0 Å². The van der Waals surface area contributed by atoms with Gasteiger partial charge in [0.25, 0.3) is 0 Å². The zero-order valence-electron chi connectivity index (χ0n) is 16.3. The highest BCUT2D eigenvalue weighted by Gasteiger charge is 2.17. The van der Waals surface area contributed by atoms with E-state index in [2.05, 4.69) is 60.8 Å². The molecule has 0 aliphatic carbocycles. The normalized spacial score (nSPS) is 10.8. The van der Waals surface area contributed by atoms with Crippen molar-refractivity contribution in [3.8, 4) is 0 Å². The second-order valence-corrected chi connectivity index (χ2v) is 8.07. The maximum atomic E-state index is 12.6. The van der Waals surface area contributed by atoms with Crippen LogP contribution in [0.1, 0.15) is 34.6 Å². The Labute approximate surface area is 172 Å². The smallest absolute Gasteiger partial charge is 0.220 e. The van der Waals surface area contributed by atoms with Gasteiger partial charge in [-0.05, 0) is 23.6 Å². The zero-order chi connectivity index (χ0) is 19.6. The largest absolute Gasteiger partial charge is 0.355 e. The number of thioether (sulfide) groups is 1. The van der Waals surface area contributed by atoms with Crippen LogP contribution < -0.4 is 5.32 Å². The number of benzene rings is 3. The van der Waals surface area contributed by atoms with E-state index in [-0.39, 0.29) is 11.8 Å². The highest BCUT2D eigenvalue weighted by molar-refractivity contribution is 7.98.